The van der Waals surface area contributed by atoms with Gasteiger partial charge in [0.15, 0.2) is 0 Å². The molecule has 1 aliphatic heterocycles. The first-order valence-corrected chi connectivity index (χ1v) is 9.75. The molecular formula is C23H20N2O4. The minimum Gasteiger partial charge on any atom is -0.392 e. The normalized spacial score (nSPS) is 26.9. The molecule has 2 N–H and O–H groups in total. The molecule has 6 nitrogen and oxygen atoms in total. The second-order valence-electron chi connectivity index (χ2n) is 7.83. The number of anilines is 2. The van der Waals surface area contributed by atoms with E-state index < -0.39 is 0 Å². The van der Waals surface area contributed by atoms with Crippen LogP contribution in [-0.4, -0.2) is 22.8 Å². The van der Waals surface area contributed by atoms with Gasteiger partial charge in [-0.05, 0) is 48.6 Å². The van der Waals surface area contributed by atoms with E-state index in [1.807, 2.05) is 0 Å². The van der Waals surface area contributed by atoms with Crippen LogP contribution in [0.5, 0.6) is 0 Å². The van der Waals surface area contributed by atoms with Gasteiger partial charge in [0.05, 0.1) is 24.1 Å². The van der Waals surface area contributed by atoms with E-state index in [0.717, 1.165) is 6.42 Å². The van der Waals surface area contributed by atoms with Gasteiger partial charge in [-0.1, -0.05) is 30.4 Å². The van der Waals surface area contributed by atoms with Gasteiger partial charge in [-0.25, -0.2) is 0 Å². The van der Waals surface area contributed by atoms with Crippen LogP contribution in [0, 0.1) is 23.7 Å². The summed E-state index contributed by atoms with van der Waals surface area (Å²) in [4.78, 5) is 39.6. The summed E-state index contributed by atoms with van der Waals surface area (Å²) in [5.74, 6) is -0.732. The summed E-state index contributed by atoms with van der Waals surface area (Å²) in [6, 6.07) is 13.5. The van der Waals surface area contributed by atoms with E-state index in [9.17, 15) is 19.5 Å². The molecule has 5 rings (SSSR count). The van der Waals surface area contributed by atoms with Crippen molar-refractivity contribution in [1.82, 2.24) is 0 Å². The molecule has 1 heterocycles. The molecule has 0 aromatic heterocycles. The number of aliphatic hydroxyl groups excluding tert-OH is 1. The van der Waals surface area contributed by atoms with Gasteiger partial charge < -0.3 is 10.4 Å². The van der Waals surface area contributed by atoms with Crippen LogP contribution in [0.25, 0.3) is 0 Å². The summed E-state index contributed by atoms with van der Waals surface area (Å²) < 4.78 is 0. The lowest BCUT2D eigenvalue weighted by atomic mass is 9.85. The topological polar surface area (TPSA) is 86.7 Å². The van der Waals surface area contributed by atoms with Gasteiger partial charge in [-0.2, -0.15) is 0 Å². The molecule has 6 heteroatoms. The Hall–Kier alpha value is -3.25. The Bertz CT molecular complexity index is 1010. The highest BCUT2D eigenvalue weighted by Gasteiger charge is 2.59. The maximum absolute atomic E-state index is 12.9. The Morgan fingerprint density at radius 3 is 2.21 bits per heavy atom. The number of rotatable bonds is 4. The summed E-state index contributed by atoms with van der Waals surface area (Å²) >= 11 is 0. The van der Waals surface area contributed by atoms with Crippen molar-refractivity contribution in [2.45, 2.75) is 13.0 Å². The fourth-order valence-corrected chi connectivity index (χ4v) is 4.89. The molecule has 2 aliphatic carbocycles. The highest BCUT2D eigenvalue weighted by Crippen LogP contribution is 2.53. The third kappa shape index (κ3) is 2.71. The average molecular weight is 388 g/mol. The van der Waals surface area contributed by atoms with E-state index in [1.54, 1.807) is 48.5 Å². The van der Waals surface area contributed by atoms with E-state index in [4.69, 9.17) is 0 Å². The van der Waals surface area contributed by atoms with Crippen molar-refractivity contribution < 1.29 is 19.5 Å². The molecule has 3 amide bonds. The maximum atomic E-state index is 12.9. The van der Waals surface area contributed by atoms with Crippen LogP contribution >= 0.6 is 0 Å². The second-order valence-corrected chi connectivity index (χ2v) is 7.83. The van der Waals surface area contributed by atoms with Gasteiger partial charge in [-0.15, -0.1) is 0 Å². The van der Waals surface area contributed by atoms with Crippen molar-refractivity contribution in [1.29, 1.82) is 0 Å². The number of nitrogens with one attached hydrogen (secondary N) is 1. The molecule has 2 bridgehead atoms. The SMILES string of the molecule is O=C(Nc1ccccc1CO)c1ccc(N2C(=O)[C@@H]3[C@@H](C2=O)[C@H]2C=C[C@H]3C2)cc1. The van der Waals surface area contributed by atoms with Crippen LogP contribution in [0.1, 0.15) is 22.3 Å². The van der Waals surface area contributed by atoms with Crippen LogP contribution in [-0.2, 0) is 16.2 Å². The van der Waals surface area contributed by atoms with Gasteiger partial charge >= 0.3 is 0 Å². The predicted octanol–water partition coefficient (Wildman–Crippen LogP) is 2.74. The third-order valence-corrected chi connectivity index (χ3v) is 6.29. The van der Waals surface area contributed by atoms with E-state index in [0.29, 0.717) is 22.5 Å². The van der Waals surface area contributed by atoms with Crippen LogP contribution in [0.15, 0.2) is 60.7 Å². The average Bonchev–Trinajstić information content (AvgIpc) is 3.42. The summed E-state index contributed by atoms with van der Waals surface area (Å²) in [5.41, 5.74) is 2.08. The van der Waals surface area contributed by atoms with Crippen molar-refractivity contribution in [3.8, 4) is 0 Å². The number of amides is 3. The molecule has 0 unspecified atom stereocenters. The number of aliphatic hydroxyl groups is 1. The number of benzene rings is 2. The molecule has 1 saturated heterocycles. The monoisotopic (exact) mass is 388 g/mol. The molecule has 4 atom stereocenters. The van der Waals surface area contributed by atoms with Crippen molar-refractivity contribution in [2.75, 3.05) is 10.2 Å². The van der Waals surface area contributed by atoms with Gasteiger partial charge in [0, 0.05) is 16.8 Å². The molecule has 29 heavy (non-hydrogen) atoms. The number of carbonyl (C=O) groups excluding carboxylic acids is 3. The lowest BCUT2D eigenvalue weighted by molar-refractivity contribution is -0.123. The Balaban J connectivity index is 1.35. The zero-order chi connectivity index (χ0) is 20.1. The van der Waals surface area contributed by atoms with E-state index in [1.165, 1.54) is 4.90 Å². The molecular weight excluding hydrogens is 368 g/mol. The predicted molar refractivity (Wildman–Crippen MR) is 107 cm³/mol. The summed E-state index contributed by atoms with van der Waals surface area (Å²) in [6.07, 6.45) is 5.03. The Kier molecular flexibility index (Phi) is 4.10. The highest BCUT2D eigenvalue weighted by atomic mass is 16.3. The minimum absolute atomic E-state index is 0.133. The zero-order valence-corrected chi connectivity index (χ0v) is 15.6. The summed E-state index contributed by atoms with van der Waals surface area (Å²) in [7, 11) is 0. The van der Waals surface area contributed by atoms with E-state index in [-0.39, 0.29) is 48.0 Å². The number of imide groups is 1. The quantitative estimate of drug-likeness (QED) is 0.623. The number of carbonyl (C=O) groups is 3. The largest absolute Gasteiger partial charge is 0.392 e. The molecule has 0 radical (unpaired) electrons. The molecule has 2 fully saturated rings. The smallest absolute Gasteiger partial charge is 0.255 e. The van der Waals surface area contributed by atoms with Crippen LogP contribution in [0.3, 0.4) is 0 Å². The lowest BCUT2D eigenvalue weighted by Crippen LogP contribution is -2.32. The first-order valence-electron chi connectivity index (χ1n) is 9.75. The van der Waals surface area contributed by atoms with E-state index in [2.05, 4.69) is 17.5 Å². The fraction of sp³-hybridized carbons (Fsp3) is 0.261. The third-order valence-electron chi connectivity index (χ3n) is 6.29. The van der Waals surface area contributed by atoms with Crippen molar-refractivity contribution in [3.05, 3.63) is 71.8 Å². The van der Waals surface area contributed by atoms with Crippen LogP contribution in [0.2, 0.25) is 0 Å². The number of hydrogen-bond acceptors (Lipinski definition) is 4. The van der Waals surface area contributed by atoms with Crippen LogP contribution < -0.4 is 10.2 Å². The maximum Gasteiger partial charge on any atom is 0.255 e. The second kappa shape index (κ2) is 6.67. The van der Waals surface area contributed by atoms with Crippen molar-refractivity contribution in [2.24, 2.45) is 23.7 Å². The number of para-hydroxylation sites is 1. The highest BCUT2D eigenvalue weighted by molar-refractivity contribution is 6.23. The number of allylic oxidation sites excluding steroid dienone is 2. The Labute approximate surface area is 167 Å². The zero-order valence-electron chi connectivity index (χ0n) is 15.6. The summed E-state index contributed by atoms with van der Waals surface area (Å²) in [5, 5.41) is 12.2. The Morgan fingerprint density at radius 2 is 1.59 bits per heavy atom. The minimum atomic E-state index is -0.323. The van der Waals surface area contributed by atoms with Crippen LogP contribution in [0.4, 0.5) is 11.4 Å². The van der Waals surface area contributed by atoms with Crippen molar-refractivity contribution >= 4 is 29.1 Å². The molecule has 0 spiro atoms. The first-order chi connectivity index (χ1) is 14.1. The van der Waals surface area contributed by atoms with Gasteiger partial charge in [-0.3, -0.25) is 19.3 Å². The molecule has 2 aromatic rings. The molecule has 2 aromatic carbocycles. The van der Waals surface area contributed by atoms with E-state index >= 15 is 0 Å². The van der Waals surface area contributed by atoms with Gasteiger partial charge in [0.1, 0.15) is 0 Å². The molecule has 1 saturated carbocycles. The molecule has 3 aliphatic rings. The Morgan fingerprint density at radius 1 is 0.966 bits per heavy atom. The number of fused-ring (bicyclic) bond motifs is 5. The molecule has 146 valence electrons. The summed E-state index contributed by atoms with van der Waals surface area (Å²) in [6.45, 7) is -0.173. The standard InChI is InChI=1S/C23H20N2O4/c26-12-16-3-1-2-4-18(16)24-21(27)13-7-9-17(10-8-13)25-22(28)19-14-5-6-15(11-14)20(19)23(25)29/h1-10,14-15,19-20,26H,11-12H2,(H,24,27)/t14-,15-,19-,20-/m0/s1. The van der Waals surface area contributed by atoms with Gasteiger partial charge in [0.25, 0.3) is 5.91 Å². The number of hydrogen-bond donors (Lipinski definition) is 2. The van der Waals surface area contributed by atoms with Crippen molar-refractivity contribution in [3.63, 3.8) is 0 Å². The first kappa shape index (κ1) is 17.8. The van der Waals surface area contributed by atoms with Gasteiger partial charge in [0.2, 0.25) is 11.8 Å². The number of nitrogens with zero attached hydrogens (tertiary/aromatic N) is 1. The fourth-order valence-electron chi connectivity index (χ4n) is 4.89. The lowest BCUT2D eigenvalue weighted by Gasteiger charge is -2.17.